The number of methoxy groups -OCH3 is 2. The van der Waals surface area contributed by atoms with Gasteiger partial charge < -0.3 is 19.5 Å². The summed E-state index contributed by atoms with van der Waals surface area (Å²) in [5, 5.41) is 2.97. The maximum Gasteiger partial charge on any atom is 0.261 e. The normalized spacial score (nSPS) is 14.7. The number of hydrogen-bond acceptors (Lipinski definition) is 6. The van der Waals surface area contributed by atoms with Crippen LogP contribution in [0.1, 0.15) is 15.9 Å². The Balaban J connectivity index is 1.77. The molecule has 1 aromatic heterocycles. The minimum absolute atomic E-state index is 0.229. The van der Waals surface area contributed by atoms with Crippen molar-refractivity contribution in [2.24, 2.45) is 0 Å². The zero-order chi connectivity index (χ0) is 18.4. The molecular weight excluding hydrogens is 334 g/mol. The Morgan fingerprint density at radius 1 is 1.15 bits per heavy atom. The Labute approximate surface area is 152 Å². The van der Waals surface area contributed by atoms with Gasteiger partial charge >= 0.3 is 0 Å². The Kier molecular flexibility index (Phi) is 6.04. The molecule has 1 aromatic carbocycles. The molecule has 138 valence electrons. The van der Waals surface area contributed by atoms with Crippen LogP contribution in [0.15, 0.2) is 36.4 Å². The van der Waals surface area contributed by atoms with Crippen molar-refractivity contribution in [1.82, 2.24) is 9.88 Å². The molecule has 1 N–H and O–H groups in total. The van der Waals surface area contributed by atoms with Gasteiger partial charge in [-0.15, -0.1) is 0 Å². The lowest BCUT2D eigenvalue weighted by Crippen LogP contribution is -2.35. The first-order valence-corrected chi connectivity index (χ1v) is 8.49. The van der Waals surface area contributed by atoms with Gasteiger partial charge in [0.2, 0.25) is 11.8 Å². The lowest BCUT2D eigenvalue weighted by molar-refractivity contribution is 0.0342. The highest BCUT2D eigenvalue weighted by Gasteiger charge is 2.17. The third kappa shape index (κ3) is 4.30. The molecule has 1 aliphatic heterocycles. The van der Waals surface area contributed by atoms with E-state index in [0.29, 0.717) is 11.4 Å². The van der Waals surface area contributed by atoms with Crippen LogP contribution in [0.25, 0.3) is 0 Å². The molecule has 0 radical (unpaired) electrons. The average molecular weight is 357 g/mol. The minimum Gasteiger partial charge on any atom is -0.481 e. The van der Waals surface area contributed by atoms with E-state index in [1.54, 1.807) is 12.1 Å². The number of ether oxygens (including phenoxy) is 3. The van der Waals surface area contributed by atoms with E-state index in [-0.39, 0.29) is 11.8 Å². The molecule has 26 heavy (non-hydrogen) atoms. The van der Waals surface area contributed by atoms with Gasteiger partial charge in [-0.05, 0) is 17.7 Å². The molecule has 3 rings (SSSR count). The number of carbonyl (C=O) groups is 1. The summed E-state index contributed by atoms with van der Waals surface area (Å²) in [6, 6.07) is 11.1. The summed E-state index contributed by atoms with van der Waals surface area (Å²) in [5.74, 6) is 0.352. The zero-order valence-corrected chi connectivity index (χ0v) is 15.0. The van der Waals surface area contributed by atoms with Crippen molar-refractivity contribution in [2.45, 2.75) is 6.54 Å². The second-order valence-electron chi connectivity index (χ2n) is 5.91. The van der Waals surface area contributed by atoms with Crippen LogP contribution < -0.4 is 14.8 Å². The van der Waals surface area contributed by atoms with E-state index in [4.69, 9.17) is 14.2 Å². The van der Waals surface area contributed by atoms with Crippen molar-refractivity contribution in [3.05, 3.63) is 47.5 Å². The fourth-order valence-electron chi connectivity index (χ4n) is 2.84. The molecule has 7 heteroatoms. The summed E-state index contributed by atoms with van der Waals surface area (Å²) in [6.45, 7) is 4.02. The monoisotopic (exact) mass is 357 g/mol. The summed E-state index contributed by atoms with van der Waals surface area (Å²) in [5.41, 5.74) is 2.19. The van der Waals surface area contributed by atoms with E-state index in [1.165, 1.54) is 14.2 Å². The summed E-state index contributed by atoms with van der Waals surface area (Å²) in [7, 11) is 2.99. The van der Waals surface area contributed by atoms with E-state index in [1.807, 2.05) is 24.3 Å². The number of aromatic nitrogens is 1. The first-order valence-electron chi connectivity index (χ1n) is 8.49. The molecule has 0 unspecified atom stereocenters. The van der Waals surface area contributed by atoms with Crippen molar-refractivity contribution in [2.75, 3.05) is 45.8 Å². The number of nitrogens with one attached hydrogen (secondary N) is 1. The molecule has 1 saturated heterocycles. The Morgan fingerprint density at radius 2 is 1.92 bits per heavy atom. The third-order valence-corrected chi connectivity index (χ3v) is 4.25. The summed E-state index contributed by atoms with van der Waals surface area (Å²) < 4.78 is 15.7. The number of morpholine rings is 1. The largest absolute Gasteiger partial charge is 0.481 e. The van der Waals surface area contributed by atoms with Gasteiger partial charge in [0.15, 0.2) is 0 Å². The minimum atomic E-state index is -0.272. The molecular formula is C19H23N3O4. The maximum absolute atomic E-state index is 12.7. The summed E-state index contributed by atoms with van der Waals surface area (Å²) in [6.07, 6.45) is 0. The molecule has 0 atom stereocenters. The highest BCUT2D eigenvalue weighted by Crippen LogP contribution is 2.23. The molecule has 1 amide bonds. The van der Waals surface area contributed by atoms with Gasteiger partial charge in [0, 0.05) is 31.4 Å². The Morgan fingerprint density at radius 3 is 2.65 bits per heavy atom. The van der Waals surface area contributed by atoms with Crippen molar-refractivity contribution >= 4 is 11.6 Å². The van der Waals surface area contributed by atoms with Crippen LogP contribution in [0, 0.1) is 0 Å². The molecule has 2 heterocycles. The standard InChI is InChI=1S/C19H23N3O4/c1-24-17-8-7-15(19(21-17)25-2)18(23)20-16-6-4-3-5-14(16)13-22-9-11-26-12-10-22/h3-8H,9-13H2,1-2H3,(H,20,23). The second kappa shape index (κ2) is 8.64. The van der Waals surface area contributed by atoms with Crippen molar-refractivity contribution < 1.29 is 19.0 Å². The molecule has 0 bridgehead atoms. The quantitative estimate of drug-likeness (QED) is 0.854. The number of amides is 1. The third-order valence-electron chi connectivity index (χ3n) is 4.25. The Hall–Kier alpha value is -2.64. The molecule has 2 aromatic rings. The van der Waals surface area contributed by atoms with Crippen LogP contribution in [0.3, 0.4) is 0 Å². The smallest absolute Gasteiger partial charge is 0.261 e. The number of nitrogens with zero attached hydrogens (tertiary/aromatic N) is 2. The molecule has 1 aliphatic rings. The van der Waals surface area contributed by atoms with E-state index in [9.17, 15) is 4.79 Å². The number of benzene rings is 1. The number of anilines is 1. The number of carbonyl (C=O) groups excluding carboxylic acids is 1. The number of pyridine rings is 1. The maximum atomic E-state index is 12.7. The van der Waals surface area contributed by atoms with E-state index < -0.39 is 0 Å². The van der Waals surface area contributed by atoms with Crippen LogP contribution in [-0.4, -0.2) is 56.3 Å². The van der Waals surface area contributed by atoms with Gasteiger partial charge in [-0.1, -0.05) is 18.2 Å². The summed E-state index contributed by atoms with van der Waals surface area (Å²) >= 11 is 0. The van der Waals surface area contributed by atoms with E-state index >= 15 is 0 Å². The summed E-state index contributed by atoms with van der Waals surface area (Å²) in [4.78, 5) is 19.2. The molecule has 0 aliphatic carbocycles. The van der Waals surface area contributed by atoms with Crippen LogP contribution >= 0.6 is 0 Å². The fourth-order valence-corrected chi connectivity index (χ4v) is 2.84. The molecule has 0 saturated carbocycles. The predicted molar refractivity (Wildman–Crippen MR) is 97.8 cm³/mol. The van der Waals surface area contributed by atoms with Crippen LogP contribution in [0.2, 0.25) is 0 Å². The SMILES string of the molecule is COc1ccc(C(=O)Nc2ccccc2CN2CCOCC2)c(OC)n1. The predicted octanol–water partition coefficient (Wildman–Crippen LogP) is 2.18. The molecule has 1 fully saturated rings. The molecule has 7 nitrogen and oxygen atoms in total. The highest BCUT2D eigenvalue weighted by atomic mass is 16.5. The van der Waals surface area contributed by atoms with Gasteiger partial charge in [-0.2, -0.15) is 4.98 Å². The van der Waals surface area contributed by atoms with Crippen molar-refractivity contribution in [3.8, 4) is 11.8 Å². The van der Waals surface area contributed by atoms with Gasteiger partial charge in [0.05, 0.1) is 27.4 Å². The second-order valence-corrected chi connectivity index (χ2v) is 5.91. The fraction of sp³-hybridized carbons (Fsp3) is 0.368. The topological polar surface area (TPSA) is 72.9 Å². The number of hydrogen-bond donors (Lipinski definition) is 1. The number of rotatable bonds is 6. The van der Waals surface area contributed by atoms with E-state index in [0.717, 1.165) is 44.1 Å². The van der Waals surface area contributed by atoms with Crippen molar-refractivity contribution in [1.29, 1.82) is 0 Å². The number of para-hydroxylation sites is 1. The van der Waals surface area contributed by atoms with Crippen LogP contribution in [0.4, 0.5) is 5.69 Å². The molecule has 0 spiro atoms. The van der Waals surface area contributed by atoms with Gasteiger partial charge in [-0.3, -0.25) is 9.69 Å². The zero-order valence-electron chi connectivity index (χ0n) is 15.0. The lowest BCUT2D eigenvalue weighted by Gasteiger charge is -2.27. The van der Waals surface area contributed by atoms with Gasteiger partial charge in [0.25, 0.3) is 5.91 Å². The van der Waals surface area contributed by atoms with E-state index in [2.05, 4.69) is 15.2 Å². The Bertz CT molecular complexity index is 760. The van der Waals surface area contributed by atoms with Crippen LogP contribution in [-0.2, 0) is 11.3 Å². The highest BCUT2D eigenvalue weighted by molar-refractivity contribution is 6.06. The first-order chi connectivity index (χ1) is 12.7. The van der Waals surface area contributed by atoms with Crippen molar-refractivity contribution in [3.63, 3.8) is 0 Å². The first kappa shape index (κ1) is 18.2. The average Bonchev–Trinajstić information content (AvgIpc) is 2.69. The van der Waals surface area contributed by atoms with Gasteiger partial charge in [0.1, 0.15) is 5.56 Å². The van der Waals surface area contributed by atoms with Crippen LogP contribution in [0.5, 0.6) is 11.8 Å². The lowest BCUT2D eigenvalue weighted by atomic mass is 10.1. The van der Waals surface area contributed by atoms with Gasteiger partial charge in [-0.25, -0.2) is 0 Å².